The Morgan fingerprint density at radius 2 is 1.69 bits per heavy atom. The second kappa shape index (κ2) is 9.52. The van der Waals surface area contributed by atoms with Gasteiger partial charge in [0.05, 0.1) is 34.8 Å². The Hall–Kier alpha value is -4.08. The van der Waals surface area contributed by atoms with Crippen molar-refractivity contribution in [3.63, 3.8) is 0 Å². The molecule has 2 aromatic carbocycles. The van der Waals surface area contributed by atoms with E-state index in [2.05, 4.69) is 20.7 Å². The maximum Gasteiger partial charge on any atom is 0.416 e. The molecule has 1 saturated heterocycles. The van der Waals surface area contributed by atoms with Crippen LogP contribution in [0.3, 0.4) is 0 Å². The Bertz CT molecular complexity index is 1390. The largest absolute Gasteiger partial charge is 0.416 e. The molecule has 0 radical (unpaired) electrons. The molecule has 5 rings (SSSR count). The van der Waals surface area contributed by atoms with E-state index < -0.39 is 17.8 Å². The Morgan fingerprint density at radius 1 is 0.944 bits per heavy atom. The van der Waals surface area contributed by atoms with E-state index in [1.54, 1.807) is 35.4 Å². The van der Waals surface area contributed by atoms with Crippen LogP contribution in [0.2, 0.25) is 0 Å². The van der Waals surface area contributed by atoms with Crippen LogP contribution in [0, 0.1) is 0 Å². The van der Waals surface area contributed by atoms with E-state index >= 15 is 0 Å². The second-order valence-corrected chi connectivity index (χ2v) is 8.82. The summed E-state index contributed by atoms with van der Waals surface area (Å²) in [4.78, 5) is 19.1. The molecule has 4 aromatic rings. The normalized spacial score (nSPS) is 14.2. The molecule has 2 N–H and O–H groups in total. The van der Waals surface area contributed by atoms with Gasteiger partial charge in [0, 0.05) is 43.0 Å². The molecule has 1 fully saturated rings. The number of piperidine rings is 1. The van der Waals surface area contributed by atoms with E-state index in [1.165, 1.54) is 6.07 Å². The molecule has 186 valence electrons. The van der Waals surface area contributed by atoms with Gasteiger partial charge in [-0.05, 0) is 55.2 Å². The third kappa shape index (κ3) is 4.84. The number of carbonyl (C=O) groups is 1. The third-order valence-corrected chi connectivity index (χ3v) is 6.40. The molecule has 2 aromatic heterocycles. The summed E-state index contributed by atoms with van der Waals surface area (Å²) < 4.78 is 41.8. The summed E-state index contributed by atoms with van der Waals surface area (Å²) in [5, 5.41) is 10.6. The molecule has 10 heteroatoms. The van der Waals surface area contributed by atoms with Crippen molar-refractivity contribution >= 4 is 34.0 Å². The number of aryl methyl sites for hydroxylation is 1. The summed E-state index contributed by atoms with van der Waals surface area (Å²) in [6.45, 7) is 1.48. The van der Waals surface area contributed by atoms with Crippen molar-refractivity contribution in [3.8, 4) is 11.1 Å². The highest BCUT2D eigenvalue weighted by Gasteiger charge is 2.32. The number of hydrogen-bond acceptors (Lipinski definition) is 4. The van der Waals surface area contributed by atoms with Gasteiger partial charge in [-0.15, -0.1) is 0 Å². The number of pyridine rings is 1. The Balaban J connectivity index is 1.35. The Labute approximate surface area is 205 Å². The number of urea groups is 1. The number of fused-ring (bicyclic) bond motifs is 1. The van der Waals surface area contributed by atoms with Gasteiger partial charge < -0.3 is 15.5 Å². The molecule has 0 unspecified atom stereocenters. The van der Waals surface area contributed by atoms with Crippen molar-refractivity contribution < 1.29 is 18.0 Å². The third-order valence-electron chi connectivity index (χ3n) is 6.40. The van der Waals surface area contributed by atoms with Crippen molar-refractivity contribution in [2.24, 2.45) is 7.05 Å². The van der Waals surface area contributed by atoms with Gasteiger partial charge in [0.25, 0.3) is 0 Å². The summed E-state index contributed by atoms with van der Waals surface area (Å²) in [5.74, 6) is 0. The highest BCUT2D eigenvalue weighted by atomic mass is 19.4. The minimum absolute atomic E-state index is 0.134. The number of amides is 2. The predicted octanol–water partition coefficient (Wildman–Crippen LogP) is 6.29. The van der Waals surface area contributed by atoms with Crippen molar-refractivity contribution in [2.45, 2.75) is 25.4 Å². The van der Waals surface area contributed by atoms with E-state index in [0.29, 0.717) is 11.4 Å². The van der Waals surface area contributed by atoms with Crippen LogP contribution >= 0.6 is 0 Å². The van der Waals surface area contributed by atoms with Gasteiger partial charge in [0.2, 0.25) is 0 Å². The molecule has 0 bridgehead atoms. The maximum absolute atomic E-state index is 13.4. The highest BCUT2D eigenvalue weighted by molar-refractivity contribution is 6.02. The molecular weight excluding hydrogens is 469 g/mol. The van der Waals surface area contributed by atoms with Gasteiger partial charge in [0.15, 0.2) is 0 Å². The number of halogens is 3. The van der Waals surface area contributed by atoms with Crippen LogP contribution in [0.25, 0.3) is 22.0 Å². The topological polar surface area (TPSA) is 75.1 Å². The van der Waals surface area contributed by atoms with Gasteiger partial charge in [-0.3, -0.25) is 9.67 Å². The molecule has 1 aliphatic rings. The molecule has 0 saturated carbocycles. The lowest BCUT2D eigenvalue weighted by molar-refractivity contribution is -0.137. The Morgan fingerprint density at radius 3 is 2.42 bits per heavy atom. The predicted molar refractivity (Wildman–Crippen MR) is 134 cm³/mol. The summed E-state index contributed by atoms with van der Waals surface area (Å²) in [5.41, 5.74) is 3.14. The fourth-order valence-corrected chi connectivity index (χ4v) is 4.53. The minimum Gasteiger partial charge on any atom is -0.370 e. The second-order valence-electron chi connectivity index (χ2n) is 8.82. The number of alkyl halides is 3. The zero-order valence-electron chi connectivity index (χ0n) is 19.6. The van der Waals surface area contributed by atoms with E-state index in [4.69, 9.17) is 0 Å². The smallest absolute Gasteiger partial charge is 0.370 e. The van der Waals surface area contributed by atoms with Crippen LogP contribution in [0.5, 0.6) is 0 Å². The molecule has 36 heavy (non-hydrogen) atoms. The van der Waals surface area contributed by atoms with Crippen LogP contribution in [-0.4, -0.2) is 33.9 Å². The molecule has 7 nitrogen and oxygen atoms in total. The van der Waals surface area contributed by atoms with Crippen molar-refractivity contribution in [2.75, 3.05) is 28.6 Å². The van der Waals surface area contributed by atoms with Crippen LogP contribution in [-0.2, 0) is 13.2 Å². The molecule has 0 spiro atoms. The van der Waals surface area contributed by atoms with Gasteiger partial charge >= 0.3 is 12.2 Å². The monoisotopic (exact) mass is 494 g/mol. The average Bonchev–Trinajstić information content (AvgIpc) is 3.25. The molecule has 3 heterocycles. The number of aromatic nitrogens is 3. The summed E-state index contributed by atoms with van der Waals surface area (Å²) in [7, 11) is 1.85. The van der Waals surface area contributed by atoms with Gasteiger partial charge in [-0.25, -0.2) is 4.79 Å². The van der Waals surface area contributed by atoms with Crippen LogP contribution in [0.4, 0.5) is 35.0 Å². The number of hydrogen-bond donors (Lipinski definition) is 2. The van der Waals surface area contributed by atoms with Crippen LogP contribution in [0.15, 0.2) is 61.1 Å². The van der Waals surface area contributed by atoms with E-state index in [9.17, 15) is 18.0 Å². The number of nitrogens with one attached hydrogen (secondary N) is 2. The molecule has 2 amide bonds. The average molecular weight is 495 g/mol. The molecule has 0 atom stereocenters. The summed E-state index contributed by atoms with van der Waals surface area (Å²) >= 11 is 0. The summed E-state index contributed by atoms with van der Waals surface area (Å²) in [6, 6.07) is 10.1. The van der Waals surface area contributed by atoms with E-state index in [0.717, 1.165) is 66.5 Å². The lowest BCUT2D eigenvalue weighted by atomic mass is 10.0. The number of benzene rings is 2. The van der Waals surface area contributed by atoms with E-state index in [-0.39, 0.29) is 5.69 Å². The Kier molecular flexibility index (Phi) is 6.26. The molecule has 0 aliphatic carbocycles. The fraction of sp³-hybridized carbons (Fsp3) is 0.269. The first-order valence-corrected chi connectivity index (χ1v) is 11.7. The van der Waals surface area contributed by atoms with Crippen LogP contribution in [0.1, 0.15) is 24.8 Å². The fourth-order valence-electron chi connectivity index (χ4n) is 4.53. The van der Waals surface area contributed by atoms with Gasteiger partial charge in [-0.1, -0.05) is 12.1 Å². The highest BCUT2D eigenvalue weighted by Crippen LogP contribution is 2.36. The standard InChI is InChI=1S/C26H25F3N6O/c1-34-24-16-30-14-20(21(24)15-31-34)17-5-8-19(9-6-17)32-25(36)33-22-13-18(26(27,28)29)7-10-23(22)35-11-3-2-4-12-35/h5-10,13-16H,2-4,11-12H2,1H3,(H2,32,33,36). The quantitative estimate of drug-likeness (QED) is 0.350. The maximum atomic E-state index is 13.4. The zero-order chi connectivity index (χ0) is 25.3. The number of carbonyl (C=O) groups excluding carboxylic acids is 1. The van der Waals surface area contributed by atoms with Crippen LogP contribution < -0.4 is 15.5 Å². The first-order valence-electron chi connectivity index (χ1n) is 11.7. The first-order chi connectivity index (χ1) is 17.3. The summed E-state index contributed by atoms with van der Waals surface area (Å²) in [6.07, 6.45) is 3.79. The number of anilines is 3. The minimum atomic E-state index is -4.50. The van der Waals surface area contributed by atoms with Crippen molar-refractivity contribution in [1.29, 1.82) is 0 Å². The van der Waals surface area contributed by atoms with Gasteiger partial charge in [0.1, 0.15) is 0 Å². The number of rotatable bonds is 4. The number of nitrogens with zero attached hydrogens (tertiary/aromatic N) is 4. The van der Waals surface area contributed by atoms with E-state index in [1.807, 2.05) is 24.1 Å². The molecule has 1 aliphatic heterocycles. The van der Waals surface area contributed by atoms with Crippen molar-refractivity contribution in [1.82, 2.24) is 14.8 Å². The van der Waals surface area contributed by atoms with Crippen molar-refractivity contribution in [3.05, 3.63) is 66.6 Å². The first kappa shape index (κ1) is 23.7. The lowest BCUT2D eigenvalue weighted by Crippen LogP contribution is -2.31. The van der Waals surface area contributed by atoms with Gasteiger partial charge in [-0.2, -0.15) is 18.3 Å². The molecular formula is C26H25F3N6O. The SMILES string of the molecule is Cn1ncc2c(-c3ccc(NC(=O)Nc4cc(C(F)(F)F)ccc4N4CCCCC4)cc3)cncc21. The lowest BCUT2D eigenvalue weighted by Gasteiger charge is -2.31. The zero-order valence-corrected chi connectivity index (χ0v) is 19.6.